The van der Waals surface area contributed by atoms with Gasteiger partial charge in [0.15, 0.2) is 6.04 Å². The van der Waals surface area contributed by atoms with Crippen LogP contribution in [0.3, 0.4) is 0 Å². The molecule has 0 bridgehead atoms. The van der Waals surface area contributed by atoms with Crippen molar-refractivity contribution in [1.82, 2.24) is 19.5 Å². The Kier molecular flexibility index (Phi) is 5.42. The van der Waals surface area contributed by atoms with Crippen LogP contribution in [0.5, 0.6) is 5.88 Å². The van der Waals surface area contributed by atoms with Gasteiger partial charge in [0.1, 0.15) is 10.7 Å². The Hall–Kier alpha value is -2.65. The van der Waals surface area contributed by atoms with Gasteiger partial charge in [-0.1, -0.05) is 35.6 Å². The fourth-order valence-electron chi connectivity index (χ4n) is 3.97. The summed E-state index contributed by atoms with van der Waals surface area (Å²) in [6.45, 7) is 8.89. The number of carbonyl (C=O) groups excluding carboxylic acids is 1. The standard InChI is InChI=1S/C20H25N5O3S/c1-4-28-20(27)24-11-9-23(10-12-24)16(15-8-6-5-7-13(15)2)17-18(26)25-19(29-17)21-14(3)22-25/h5-8,16,26H,4,9-12H2,1-3H3/p+1/t16-/m1/s1. The third-order valence-electron chi connectivity index (χ3n) is 5.41. The topological polar surface area (TPSA) is 84.4 Å². The minimum absolute atomic E-state index is 0.0469. The molecule has 9 heteroatoms. The summed E-state index contributed by atoms with van der Waals surface area (Å²) in [5.41, 5.74) is 2.34. The number of hydrogen-bond acceptors (Lipinski definition) is 6. The Morgan fingerprint density at radius 2 is 2.03 bits per heavy atom. The fourth-order valence-corrected chi connectivity index (χ4v) is 5.15. The van der Waals surface area contributed by atoms with E-state index in [0.717, 1.165) is 18.0 Å². The largest absolute Gasteiger partial charge is 0.492 e. The summed E-state index contributed by atoms with van der Waals surface area (Å²) in [5.74, 6) is 0.792. The number of nitrogens with one attached hydrogen (secondary N) is 1. The molecule has 1 aliphatic rings. The van der Waals surface area contributed by atoms with Crippen molar-refractivity contribution in [2.24, 2.45) is 0 Å². The first-order chi connectivity index (χ1) is 14.0. The first-order valence-corrected chi connectivity index (χ1v) is 10.7. The van der Waals surface area contributed by atoms with Gasteiger partial charge < -0.3 is 14.7 Å². The SMILES string of the molecule is CCOC(=O)N1CC[NH+]([C@H](c2ccccc2C)c2sc3nc(C)nn3c2O)CC1. The van der Waals surface area contributed by atoms with Crippen LogP contribution in [0.1, 0.15) is 34.8 Å². The van der Waals surface area contributed by atoms with Crippen LogP contribution in [0.2, 0.25) is 0 Å². The molecule has 1 fully saturated rings. The molecule has 29 heavy (non-hydrogen) atoms. The zero-order valence-electron chi connectivity index (χ0n) is 16.9. The highest BCUT2D eigenvalue weighted by Crippen LogP contribution is 2.36. The van der Waals surface area contributed by atoms with Crippen LogP contribution < -0.4 is 4.90 Å². The van der Waals surface area contributed by atoms with Crippen molar-refractivity contribution in [3.05, 3.63) is 46.1 Å². The number of aromatic nitrogens is 3. The van der Waals surface area contributed by atoms with Crippen molar-refractivity contribution in [3.8, 4) is 5.88 Å². The second-order valence-electron chi connectivity index (χ2n) is 7.28. The zero-order chi connectivity index (χ0) is 20.5. The quantitative estimate of drug-likeness (QED) is 0.674. The first kappa shape index (κ1) is 19.7. The van der Waals surface area contributed by atoms with Crippen LogP contribution in [-0.4, -0.2) is 63.5 Å². The molecular formula is C20H26N5O3S+. The van der Waals surface area contributed by atoms with Gasteiger partial charge in [-0.15, -0.1) is 5.10 Å². The zero-order valence-corrected chi connectivity index (χ0v) is 17.7. The average molecular weight is 417 g/mol. The third kappa shape index (κ3) is 3.67. The lowest BCUT2D eigenvalue weighted by Gasteiger charge is -2.36. The number of rotatable bonds is 4. The van der Waals surface area contributed by atoms with E-state index in [0.29, 0.717) is 30.5 Å². The van der Waals surface area contributed by atoms with E-state index in [-0.39, 0.29) is 18.0 Å². The molecule has 0 unspecified atom stereocenters. The Morgan fingerprint density at radius 3 is 2.69 bits per heavy atom. The smallest absolute Gasteiger partial charge is 0.410 e. The highest BCUT2D eigenvalue weighted by molar-refractivity contribution is 7.17. The molecule has 1 amide bonds. The highest BCUT2D eigenvalue weighted by atomic mass is 32.1. The van der Waals surface area contributed by atoms with Crippen molar-refractivity contribution in [1.29, 1.82) is 0 Å². The lowest BCUT2D eigenvalue weighted by molar-refractivity contribution is -0.929. The summed E-state index contributed by atoms with van der Waals surface area (Å²) in [4.78, 5) is 21.1. The molecule has 3 aromatic rings. The second-order valence-corrected chi connectivity index (χ2v) is 8.29. The van der Waals surface area contributed by atoms with E-state index in [9.17, 15) is 9.90 Å². The molecule has 154 valence electrons. The van der Waals surface area contributed by atoms with E-state index in [1.165, 1.54) is 31.9 Å². The molecule has 1 atom stereocenters. The Labute approximate surface area is 173 Å². The predicted molar refractivity (Wildman–Crippen MR) is 110 cm³/mol. The number of aromatic hydroxyl groups is 1. The van der Waals surface area contributed by atoms with Gasteiger partial charge in [-0.2, -0.15) is 4.52 Å². The van der Waals surface area contributed by atoms with E-state index in [1.54, 1.807) is 4.90 Å². The first-order valence-electron chi connectivity index (χ1n) is 9.86. The number of piperazine rings is 1. The number of hydrogen-bond donors (Lipinski definition) is 2. The van der Waals surface area contributed by atoms with Gasteiger partial charge in [0.2, 0.25) is 10.8 Å². The number of thiazole rings is 1. The molecule has 0 saturated carbocycles. The minimum atomic E-state index is -0.254. The van der Waals surface area contributed by atoms with Crippen molar-refractivity contribution >= 4 is 22.4 Å². The molecule has 2 aromatic heterocycles. The molecular weight excluding hydrogens is 390 g/mol. The maximum absolute atomic E-state index is 12.1. The lowest BCUT2D eigenvalue weighted by Crippen LogP contribution is -3.15. The molecule has 1 aliphatic heterocycles. The van der Waals surface area contributed by atoms with Gasteiger partial charge in [-0.25, -0.2) is 9.78 Å². The van der Waals surface area contributed by atoms with Crippen molar-refractivity contribution in [3.63, 3.8) is 0 Å². The summed E-state index contributed by atoms with van der Waals surface area (Å²) >= 11 is 1.48. The molecule has 0 spiro atoms. The minimum Gasteiger partial charge on any atom is -0.492 e. The summed E-state index contributed by atoms with van der Waals surface area (Å²) in [5, 5.41) is 15.3. The second kappa shape index (κ2) is 8.00. The van der Waals surface area contributed by atoms with E-state index in [4.69, 9.17) is 4.74 Å². The van der Waals surface area contributed by atoms with Crippen LogP contribution >= 0.6 is 11.3 Å². The fraction of sp³-hybridized carbons (Fsp3) is 0.450. The predicted octanol–water partition coefficient (Wildman–Crippen LogP) is 1.56. The van der Waals surface area contributed by atoms with Gasteiger partial charge >= 0.3 is 6.09 Å². The molecule has 3 heterocycles. The van der Waals surface area contributed by atoms with E-state index >= 15 is 0 Å². The number of carbonyl (C=O) groups is 1. The normalized spacial score (nSPS) is 16.3. The molecule has 1 aromatic carbocycles. The summed E-state index contributed by atoms with van der Waals surface area (Å²) in [6.07, 6.45) is -0.254. The Bertz CT molecular complexity index is 1020. The number of benzene rings is 1. The monoisotopic (exact) mass is 416 g/mol. The molecule has 1 saturated heterocycles. The van der Waals surface area contributed by atoms with E-state index in [1.807, 2.05) is 26.0 Å². The lowest BCUT2D eigenvalue weighted by atomic mass is 9.98. The number of fused-ring (bicyclic) bond motifs is 1. The van der Waals surface area contributed by atoms with Crippen molar-refractivity contribution in [2.75, 3.05) is 32.8 Å². The summed E-state index contributed by atoms with van der Waals surface area (Å²) < 4.78 is 6.67. The number of amides is 1. The van der Waals surface area contributed by atoms with Crippen LogP contribution in [0.15, 0.2) is 24.3 Å². The number of nitrogens with zero attached hydrogens (tertiary/aromatic N) is 4. The highest BCUT2D eigenvalue weighted by Gasteiger charge is 2.36. The van der Waals surface area contributed by atoms with Gasteiger partial charge in [-0.05, 0) is 26.3 Å². The molecule has 4 rings (SSSR count). The van der Waals surface area contributed by atoms with Crippen LogP contribution in [0, 0.1) is 13.8 Å². The third-order valence-corrected chi connectivity index (χ3v) is 6.49. The van der Waals surface area contributed by atoms with Gasteiger partial charge in [0.25, 0.3) is 0 Å². The van der Waals surface area contributed by atoms with Gasteiger partial charge in [-0.3, -0.25) is 4.90 Å². The number of ether oxygens (including phenoxy) is 1. The van der Waals surface area contributed by atoms with Gasteiger partial charge in [0.05, 0.1) is 32.8 Å². The average Bonchev–Trinajstić information content (AvgIpc) is 3.22. The summed E-state index contributed by atoms with van der Waals surface area (Å²) in [7, 11) is 0. The van der Waals surface area contributed by atoms with Crippen molar-refractivity contribution in [2.45, 2.75) is 26.8 Å². The maximum atomic E-state index is 12.1. The van der Waals surface area contributed by atoms with E-state index < -0.39 is 0 Å². The van der Waals surface area contributed by atoms with Crippen LogP contribution in [0.25, 0.3) is 4.96 Å². The Balaban J connectivity index is 1.69. The molecule has 0 radical (unpaired) electrons. The molecule has 0 aliphatic carbocycles. The van der Waals surface area contributed by atoms with Crippen LogP contribution in [-0.2, 0) is 4.74 Å². The molecule has 2 N–H and O–H groups in total. The summed E-state index contributed by atoms with van der Waals surface area (Å²) in [6, 6.07) is 8.21. The van der Waals surface area contributed by atoms with Crippen LogP contribution in [0.4, 0.5) is 4.79 Å². The maximum Gasteiger partial charge on any atom is 0.410 e. The number of aryl methyl sites for hydroxylation is 2. The number of quaternary nitrogens is 1. The molecule has 8 nitrogen and oxygen atoms in total. The Morgan fingerprint density at radius 1 is 1.31 bits per heavy atom. The van der Waals surface area contributed by atoms with Crippen molar-refractivity contribution < 1.29 is 19.5 Å². The van der Waals surface area contributed by atoms with E-state index in [2.05, 4.69) is 29.1 Å². The van der Waals surface area contributed by atoms with Gasteiger partial charge in [0, 0.05) is 5.56 Å².